The van der Waals surface area contributed by atoms with Gasteiger partial charge in [0, 0.05) is 10.9 Å². The molecular formula is C14H18BrNO2. The number of halogens is 1. The molecule has 0 atom stereocenters. The molecule has 0 bridgehead atoms. The fraction of sp³-hybridized carbons (Fsp3) is 0.500. The van der Waals surface area contributed by atoms with E-state index in [1.807, 2.05) is 32.0 Å². The third-order valence-corrected chi connectivity index (χ3v) is 4.03. The SMILES string of the molecule is CC(C)Oc1cccc(C(=O)NC2(CBr)CC2)c1. The molecule has 1 aliphatic rings. The minimum atomic E-state index is -0.0267. The van der Waals surface area contributed by atoms with Crippen molar-refractivity contribution < 1.29 is 9.53 Å². The Morgan fingerprint density at radius 3 is 2.78 bits per heavy atom. The second-order valence-electron chi connectivity index (χ2n) is 5.06. The minimum absolute atomic E-state index is 0.0218. The highest BCUT2D eigenvalue weighted by Gasteiger charge is 2.42. The maximum absolute atomic E-state index is 12.1. The zero-order chi connectivity index (χ0) is 13.2. The van der Waals surface area contributed by atoms with Crippen LogP contribution in [0.2, 0.25) is 0 Å². The van der Waals surface area contributed by atoms with Crippen LogP contribution in [-0.2, 0) is 0 Å². The van der Waals surface area contributed by atoms with E-state index in [1.165, 1.54) is 0 Å². The van der Waals surface area contributed by atoms with Crippen LogP contribution in [0.4, 0.5) is 0 Å². The minimum Gasteiger partial charge on any atom is -0.491 e. The number of ether oxygens (including phenoxy) is 1. The molecule has 0 unspecified atom stereocenters. The Hall–Kier alpha value is -1.03. The topological polar surface area (TPSA) is 38.3 Å². The van der Waals surface area contributed by atoms with Gasteiger partial charge in [-0.2, -0.15) is 0 Å². The first-order valence-corrected chi connectivity index (χ1v) is 7.32. The molecule has 0 spiro atoms. The predicted octanol–water partition coefficient (Wildman–Crippen LogP) is 3.13. The summed E-state index contributed by atoms with van der Waals surface area (Å²) in [5, 5.41) is 3.89. The summed E-state index contributed by atoms with van der Waals surface area (Å²) in [5.41, 5.74) is 0.631. The van der Waals surface area contributed by atoms with E-state index >= 15 is 0 Å². The molecule has 0 radical (unpaired) electrons. The zero-order valence-corrected chi connectivity index (χ0v) is 12.3. The van der Waals surface area contributed by atoms with Gasteiger partial charge in [-0.25, -0.2) is 0 Å². The molecule has 1 aliphatic carbocycles. The smallest absolute Gasteiger partial charge is 0.251 e. The summed E-state index contributed by atoms with van der Waals surface area (Å²) in [7, 11) is 0. The molecule has 1 amide bonds. The normalized spacial score (nSPS) is 16.4. The van der Waals surface area contributed by atoms with E-state index in [2.05, 4.69) is 21.2 Å². The lowest BCUT2D eigenvalue weighted by atomic mass is 10.2. The van der Waals surface area contributed by atoms with Crippen LogP contribution in [0.3, 0.4) is 0 Å². The molecule has 4 heteroatoms. The summed E-state index contributed by atoms with van der Waals surface area (Å²) in [6.45, 7) is 3.94. The predicted molar refractivity (Wildman–Crippen MR) is 75.4 cm³/mol. The van der Waals surface area contributed by atoms with Gasteiger partial charge in [0.25, 0.3) is 5.91 Å². The Bertz CT molecular complexity index is 441. The lowest BCUT2D eigenvalue weighted by Gasteiger charge is -2.15. The van der Waals surface area contributed by atoms with Gasteiger partial charge in [0.05, 0.1) is 11.6 Å². The molecule has 3 nitrogen and oxygen atoms in total. The van der Waals surface area contributed by atoms with Crippen molar-refractivity contribution in [2.24, 2.45) is 0 Å². The molecule has 0 saturated heterocycles. The molecular weight excluding hydrogens is 294 g/mol. The van der Waals surface area contributed by atoms with Crippen LogP contribution in [0.15, 0.2) is 24.3 Å². The number of benzene rings is 1. The van der Waals surface area contributed by atoms with Crippen molar-refractivity contribution in [1.82, 2.24) is 5.32 Å². The molecule has 18 heavy (non-hydrogen) atoms. The van der Waals surface area contributed by atoms with E-state index in [0.29, 0.717) is 5.56 Å². The van der Waals surface area contributed by atoms with Crippen LogP contribution >= 0.6 is 15.9 Å². The first-order chi connectivity index (χ1) is 8.54. The van der Waals surface area contributed by atoms with E-state index in [1.54, 1.807) is 6.07 Å². The van der Waals surface area contributed by atoms with Gasteiger partial charge in [-0.1, -0.05) is 22.0 Å². The van der Waals surface area contributed by atoms with E-state index in [-0.39, 0.29) is 17.6 Å². The molecule has 1 N–H and O–H groups in total. The summed E-state index contributed by atoms with van der Waals surface area (Å²) in [4.78, 5) is 12.1. The van der Waals surface area contributed by atoms with Crippen molar-refractivity contribution >= 4 is 21.8 Å². The quantitative estimate of drug-likeness (QED) is 0.848. The molecule has 0 aliphatic heterocycles. The van der Waals surface area contributed by atoms with E-state index in [0.717, 1.165) is 23.9 Å². The molecule has 2 rings (SSSR count). The van der Waals surface area contributed by atoms with Crippen LogP contribution in [0, 0.1) is 0 Å². The zero-order valence-electron chi connectivity index (χ0n) is 10.7. The standard InChI is InChI=1S/C14H18BrNO2/c1-10(2)18-12-5-3-4-11(8-12)13(17)16-14(9-15)6-7-14/h3-5,8,10H,6-7,9H2,1-2H3,(H,16,17). The number of nitrogens with one attached hydrogen (secondary N) is 1. The maximum atomic E-state index is 12.1. The number of carbonyl (C=O) groups excluding carboxylic acids is 1. The Kier molecular flexibility index (Phi) is 3.95. The number of hydrogen-bond acceptors (Lipinski definition) is 2. The number of rotatable bonds is 5. The van der Waals surface area contributed by atoms with Crippen LogP contribution in [0.1, 0.15) is 37.0 Å². The highest BCUT2D eigenvalue weighted by molar-refractivity contribution is 9.09. The highest BCUT2D eigenvalue weighted by atomic mass is 79.9. The van der Waals surface area contributed by atoms with Crippen LogP contribution in [-0.4, -0.2) is 22.9 Å². The average Bonchev–Trinajstić information content (AvgIpc) is 3.09. The lowest BCUT2D eigenvalue weighted by Crippen LogP contribution is -2.38. The summed E-state index contributed by atoms with van der Waals surface area (Å²) in [5.74, 6) is 0.711. The summed E-state index contributed by atoms with van der Waals surface area (Å²) in [6.07, 6.45) is 2.21. The van der Waals surface area contributed by atoms with Gasteiger partial charge in [-0.15, -0.1) is 0 Å². The largest absolute Gasteiger partial charge is 0.491 e. The van der Waals surface area contributed by atoms with E-state index < -0.39 is 0 Å². The fourth-order valence-corrected chi connectivity index (χ4v) is 2.44. The third kappa shape index (κ3) is 3.25. The van der Waals surface area contributed by atoms with Crippen molar-refractivity contribution in [2.75, 3.05) is 5.33 Å². The monoisotopic (exact) mass is 311 g/mol. The van der Waals surface area contributed by atoms with Crippen LogP contribution in [0.25, 0.3) is 0 Å². The highest BCUT2D eigenvalue weighted by Crippen LogP contribution is 2.37. The lowest BCUT2D eigenvalue weighted by molar-refractivity contribution is 0.0935. The van der Waals surface area contributed by atoms with Gasteiger partial charge in [0.15, 0.2) is 0 Å². The molecule has 0 heterocycles. The van der Waals surface area contributed by atoms with Gasteiger partial charge in [-0.05, 0) is 44.9 Å². The molecule has 1 fully saturated rings. The first kappa shape index (κ1) is 13.4. The fourth-order valence-electron chi connectivity index (χ4n) is 1.74. The maximum Gasteiger partial charge on any atom is 0.251 e. The van der Waals surface area contributed by atoms with Crippen molar-refractivity contribution in [3.63, 3.8) is 0 Å². The van der Waals surface area contributed by atoms with E-state index in [9.17, 15) is 4.79 Å². The number of alkyl halides is 1. The molecule has 0 aromatic heterocycles. The van der Waals surface area contributed by atoms with E-state index in [4.69, 9.17) is 4.74 Å². The van der Waals surface area contributed by atoms with Crippen LogP contribution < -0.4 is 10.1 Å². The third-order valence-electron chi connectivity index (χ3n) is 2.96. The Labute approximate surface area is 116 Å². The molecule has 1 aromatic carbocycles. The Morgan fingerprint density at radius 1 is 1.50 bits per heavy atom. The molecule has 1 saturated carbocycles. The second kappa shape index (κ2) is 5.31. The number of hydrogen-bond donors (Lipinski definition) is 1. The summed E-state index contributed by atoms with van der Waals surface area (Å²) >= 11 is 3.44. The van der Waals surface area contributed by atoms with Gasteiger partial charge in [0.1, 0.15) is 5.75 Å². The second-order valence-corrected chi connectivity index (χ2v) is 5.62. The summed E-state index contributed by atoms with van der Waals surface area (Å²) < 4.78 is 5.59. The number of amides is 1. The van der Waals surface area contributed by atoms with Gasteiger partial charge in [-0.3, -0.25) is 4.79 Å². The Balaban J connectivity index is 2.06. The van der Waals surface area contributed by atoms with Gasteiger partial charge >= 0.3 is 0 Å². The van der Waals surface area contributed by atoms with Crippen molar-refractivity contribution in [3.8, 4) is 5.75 Å². The molecule has 1 aromatic rings. The number of carbonyl (C=O) groups is 1. The van der Waals surface area contributed by atoms with Crippen molar-refractivity contribution in [3.05, 3.63) is 29.8 Å². The first-order valence-electron chi connectivity index (χ1n) is 6.20. The van der Waals surface area contributed by atoms with Gasteiger partial charge in [0.2, 0.25) is 0 Å². The van der Waals surface area contributed by atoms with Crippen LogP contribution in [0.5, 0.6) is 5.75 Å². The summed E-state index contributed by atoms with van der Waals surface area (Å²) in [6, 6.07) is 7.32. The van der Waals surface area contributed by atoms with Crippen molar-refractivity contribution in [2.45, 2.75) is 38.3 Å². The van der Waals surface area contributed by atoms with Crippen molar-refractivity contribution in [1.29, 1.82) is 0 Å². The molecule has 98 valence electrons. The average molecular weight is 312 g/mol. The Morgan fingerprint density at radius 2 is 2.22 bits per heavy atom. The van der Waals surface area contributed by atoms with Gasteiger partial charge < -0.3 is 10.1 Å².